The molecular formula is C11H14N2O2S. The van der Waals surface area contributed by atoms with Crippen molar-refractivity contribution in [2.45, 2.75) is 6.92 Å². The maximum absolute atomic E-state index is 5.33. The van der Waals surface area contributed by atoms with Crippen LogP contribution in [0.4, 0.5) is 5.69 Å². The van der Waals surface area contributed by atoms with Gasteiger partial charge in [-0.1, -0.05) is 0 Å². The number of ether oxygens (including phenoxy) is 2. The number of fused-ring (bicyclic) bond motifs is 1. The topological polar surface area (TPSA) is 33.7 Å². The molecule has 0 bridgehead atoms. The first-order valence-electron chi connectivity index (χ1n) is 5.15. The molecule has 0 amide bonds. The number of hydrogen-bond donors (Lipinski definition) is 1. The van der Waals surface area contributed by atoms with Crippen molar-refractivity contribution in [1.29, 1.82) is 0 Å². The second-order valence-corrected chi connectivity index (χ2v) is 3.72. The van der Waals surface area contributed by atoms with Crippen LogP contribution in [0, 0.1) is 0 Å². The first-order chi connectivity index (χ1) is 7.76. The summed E-state index contributed by atoms with van der Waals surface area (Å²) in [5.41, 5.74) is 1.01. The van der Waals surface area contributed by atoms with E-state index in [2.05, 4.69) is 5.32 Å². The van der Waals surface area contributed by atoms with Crippen molar-refractivity contribution in [3.05, 3.63) is 18.2 Å². The fourth-order valence-corrected chi connectivity index (χ4v) is 1.87. The molecule has 5 heteroatoms. The fourth-order valence-electron chi connectivity index (χ4n) is 1.63. The van der Waals surface area contributed by atoms with E-state index in [0.29, 0.717) is 11.9 Å². The summed E-state index contributed by atoms with van der Waals surface area (Å²) >= 11 is 5.23. The van der Waals surface area contributed by atoms with E-state index in [0.717, 1.165) is 23.7 Å². The molecule has 1 aliphatic rings. The SMILES string of the molecule is CCN(C(=S)NC)c1ccc2c(c1)OCO2. The van der Waals surface area contributed by atoms with E-state index in [4.69, 9.17) is 21.7 Å². The molecule has 1 heterocycles. The Hall–Kier alpha value is -1.49. The Kier molecular flexibility index (Phi) is 3.14. The highest BCUT2D eigenvalue weighted by molar-refractivity contribution is 7.80. The van der Waals surface area contributed by atoms with E-state index in [1.807, 2.05) is 37.1 Å². The van der Waals surface area contributed by atoms with Gasteiger partial charge in [0, 0.05) is 25.3 Å². The summed E-state index contributed by atoms with van der Waals surface area (Å²) < 4.78 is 10.6. The van der Waals surface area contributed by atoms with Crippen LogP contribution < -0.4 is 19.7 Å². The molecule has 0 saturated carbocycles. The summed E-state index contributed by atoms with van der Waals surface area (Å²) in [4.78, 5) is 2.00. The van der Waals surface area contributed by atoms with E-state index in [1.165, 1.54) is 0 Å². The molecule has 0 unspecified atom stereocenters. The Morgan fingerprint density at radius 3 is 2.88 bits per heavy atom. The number of benzene rings is 1. The molecule has 0 spiro atoms. The standard InChI is InChI=1S/C11H14N2O2S/c1-3-13(11(16)12-2)8-4-5-9-10(6-8)15-7-14-9/h4-6H,3,7H2,1-2H3,(H,12,16). The molecule has 0 saturated heterocycles. The van der Waals surface area contributed by atoms with Gasteiger partial charge >= 0.3 is 0 Å². The van der Waals surface area contributed by atoms with Gasteiger partial charge in [-0.05, 0) is 31.3 Å². The zero-order chi connectivity index (χ0) is 11.5. The van der Waals surface area contributed by atoms with Gasteiger partial charge in [0.25, 0.3) is 0 Å². The molecule has 1 N–H and O–H groups in total. The Bertz CT molecular complexity index is 409. The van der Waals surface area contributed by atoms with Gasteiger partial charge in [0.05, 0.1) is 0 Å². The van der Waals surface area contributed by atoms with Gasteiger partial charge in [0.15, 0.2) is 16.6 Å². The average Bonchev–Trinajstić information content (AvgIpc) is 2.77. The number of thiocarbonyl (C=S) groups is 1. The molecule has 0 radical (unpaired) electrons. The Labute approximate surface area is 100 Å². The highest BCUT2D eigenvalue weighted by Crippen LogP contribution is 2.35. The molecule has 2 rings (SSSR count). The third kappa shape index (κ3) is 1.90. The summed E-state index contributed by atoms with van der Waals surface area (Å²) in [6.07, 6.45) is 0. The Balaban J connectivity index is 2.29. The number of anilines is 1. The van der Waals surface area contributed by atoms with Gasteiger partial charge in [-0.2, -0.15) is 0 Å². The lowest BCUT2D eigenvalue weighted by Gasteiger charge is -2.23. The van der Waals surface area contributed by atoms with Crippen molar-refractivity contribution in [3.63, 3.8) is 0 Å². The van der Waals surface area contributed by atoms with Crippen molar-refractivity contribution in [2.24, 2.45) is 0 Å². The molecule has 0 aromatic heterocycles. The molecule has 4 nitrogen and oxygen atoms in total. The monoisotopic (exact) mass is 238 g/mol. The minimum absolute atomic E-state index is 0.293. The summed E-state index contributed by atoms with van der Waals surface area (Å²) in [7, 11) is 1.82. The highest BCUT2D eigenvalue weighted by Gasteiger charge is 2.16. The molecule has 1 aromatic carbocycles. The third-order valence-corrected chi connectivity index (χ3v) is 2.87. The largest absolute Gasteiger partial charge is 0.454 e. The maximum Gasteiger partial charge on any atom is 0.231 e. The molecule has 0 fully saturated rings. The summed E-state index contributed by atoms with van der Waals surface area (Å²) in [6, 6.07) is 5.81. The summed E-state index contributed by atoms with van der Waals surface area (Å²) in [5, 5.41) is 3.66. The molecule has 1 aromatic rings. The molecule has 0 aliphatic carbocycles. The lowest BCUT2D eigenvalue weighted by Crippen LogP contribution is -2.37. The van der Waals surface area contributed by atoms with Gasteiger partial charge in [0.2, 0.25) is 6.79 Å². The third-order valence-electron chi connectivity index (χ3n) is 2.44. The minimum Gasteiger partial charge on any atom is -0.454 e. The maximum atomic E-state index is 5.33. The lowest BCUT2D eigenvalue weighted by molar-refractivity contribution is 0.174. The molecule has 86 valence electrons. The van der Waals surface area contributed by atoms with Crippen LogP contribution in [0.5, 0.6) is 11.5 Å². The van der Waals surface area contributed by atoms with Crippen molar-refractivity contribution >= 4 is 23.0 Å². The van der Waals surface area contributed by atoms with Crippen LogP contribution in [-0.2, 0) is 0 Å². The Morgan fingerprint density at radius 1 is 1.44 bits per heavy atom. The molecule has 1 aliphatic heterocycles. The van der Waals surface area contributed by atoms with E-state index in [-0.39, 0.29) is 0 Å². The zero-order valence-electron chi connectivity index (χ0n) is 9.32. The number of hydrogen-bond acceptors (Lipinski definition) is 3. The molecule has 0 atom stereocenters. The molecular weight excluding hydrogens is 224 g/mol. The van der Waals surface area contributed by atoms with Crippen LogP contribution in [0.2, 0.25) is 0 Å². The van der Waals surface area contributed by atoms with Crippen molar-refractivity contribution in [2.75, 3.05) is 25.3 Å². The first-order valence-corrected chi connectivity index (χ1v) is 5.56. The van der Waals surface area contributed by atoms with Crippen LogP contribution >= 0.6 is 12.2 Å². The van der Waals surface area contributed by atoms with Gasteiger partial charge in [0.1, 0.15) is 0 Å². The number of nitrogens with one attached hydrogen (secondary N) is 1. The van der Waals surface area contributed by atoms with Crippen molar-refractivity contribution in [1.82, 2.24) is 5.32 Å². The van der Waals surface area contributed by atoms with Crippen LogP contribution in [0.3, 0.4) is 0 Å². The summed E-state index contributed by atoms with van der Waals surface area (Å²) in [5.74, 6) is 1.56. The van der Waals surface area contributed by atoms with Gasteiger partial charge < -0.3 is 19.7 Å². The van der Waals surface area contributed by atoms with Gasteiger partial charge in [-0.15, -0.1) is 0 Å². The van der Waals surface area contributed by atoms with Crippen molar-refractivity contribution in [3.8, 4) is 11.5 Å². The highest BCUT2D eigenvalue weighted by atomic mass is 32.1. The van der Waals surface area contributed by atoms with Crippen molar-refractivity contribution < 1.29 is 9.47 Å². The van der Waals surface area contributed by atoms with Crippen LogP contribution in [-0.4, -0.2) is 25.5 Å². The normalized spacial score (nSPS) is 12.4. The van der Waals surface area contributed by atoms with Gasteiger partial charge in [-0.3, -0.25) is 0 Å². The predicted octanol–water partition coefficient (Wildman–Crippen LogP) is 1.75. The van der Waals surface area contributed by atoms with E-state index < -0.39 is 0 Å². The second-order valence-electron chi connectivity index (χ2n) is 3.34. The van der Waals surface area contributed by atoms with E-state index in [9.17, 15) is 0 Å². The Morgan fingerprint density at radius 2 is 2.19 bits per heavy atom. The fraction of sp³-hybridized carbons (Fsp3) is 0.364. The van der Waals surface area contributed by atoms with Gasteiger partial charge in [-0.25, -0.2) is 0 Å². The second kappa shape index (κ2) is 4.57. The summed E-state index contributed by atoms with van der Waals surface area (Å²) in [6.45, 7) is 3.15. The van der Waals surface area contributed by atoms with Crippen LogP contribution in [0.25, 0.3) is 0 Å². The zero-order valence-corrected chi connectivity index (χ0v) is 10.1. The van der Waals surface area contributed by atoms with E-state index >= 15 is 0 Å². The predicted molar refractivity (Wildman–Crippen MR) is 67.2 cm³/mol. The minimum atomic E-state index is 0.293. The smallest absolute Gasteiger partial charge is 0.231 e. The first kappa shape index (κ1) is 11.0. The quantitative estimate of drug-likeness (QED) is 0.794. The lowest BCUT2D eigenvalue weighted by atomic mass is 10.2. The number of nitrogens with zero attached hydrogens (tertiary/aromatic N) is 1. The molecule has 16 heavy (non-hydrogen) atoms. The van der Waals surface area contributed by atoms with Crippen LogP contribution in [0.15, 0.2) is 18.2 Å². The number of rotatable bonds is 2. The van der Waals surface area contributed by atoms with E-state index in [1.54, 1.807) is 0 Å². The average molecular weight is 238 g/mol. The van der Waals surface area contributed by atoms with Crippen LogP contribution in [0.1, 0.15) is 6.92 Å².